The minimum atomic E-state index is 0.231. The van der Waals surface area contributed by atoms with Crippen LogP contribution < -0.4 is 0 Å². The van der Waals surface area contributed by atoms with Crippen LogP contribution >= 0.6 is 11.8 Å². The highest BCUT2D eigenvalue weighted by molar-refractivity contribution is 7.99. The fourth-order valence-electron chi connectivity index (χ4n) is 2.19. The Labute approximate surface area is 123 Å². The van der Waals surface area contributed by atoms with Crippen LogP contribution in [-0.4, -0.2) is 32.2 Å². The van der Waals surface area contributed by atoms with E-state index in [1.54, 1.807) is 11.8 Å². The molecule has 0 amide bonds. The summed E-state index contributed by atoms with van der Waals surface area (Å²) in [4.78, 5) is 0. The van der Waals surface area contributed by atoms with Gasteiger partial charge in [0.15, 0.2) is 5.16 Å². The monoisotopic (exact) mass is 289 g/mol. The van der Waals surface area contributed by atoms with E-state index in [0.29, 0.717) is 5.92 Å². The van der Waals surface area contributed by atoms with Crippen LogP contribution in [-0.2, 0) is 6.54 Å². The van der Waals surface area contributed by atoms with Crippen LogP contribution in [0.3, 0.4) is 0 Å². The van der Waals surface area contributed by atoms with E-state index in [1.165, 1.54) is 18.4 Å². The minimum absolute atomic E-state index is 0.231. The van der Waals surface area contributed by atoms with Gasteiger partial charge >= 0.3 is 0 Å². The number of aliphatic hydroxyl groups is 1. The van der Waals surface area contributed by atoms with E-state index in [0.717, 1.165) is 29.7 Å². The molecule has 0 unspecified atom stereocenters. The molecule has 0 radical (unpaired) electrons. The maximum absolute atomic E-state index is 8.90. The molecule has 0 atom stereocenters. The van der Waals surface area contributed by atoms with Gasteiger partial charge in [0, 0.05) is 18.3 Å². The van der Waals surface area contributed by atoms with Gasteiger partial charge in [0.1, 0.15) is 5.82 Å². The first-order valence-electron chi connectivity index (χ1n) is 7.09. The maximum atomic E-state index is 8.90. The topological polar surface area (TPSA) is 50.9 Å². The fourth-order valence-corrected chi connectivity index (χ4v) is 3.06. The number of benzene rings is 1. The van der Waals surface area contributed by atoms with Crippen LogP contribution in [0, 0.1) is 0 Å². The maximum Gasteiger partial charge on any atom is 0.191 e. The molecule has 4 nitrogen and oxygen atoms in total. The Morgan fingerprint density at radius 2 is 2.00 bits per heavy atom. The van der Waals surface area contributed by atoms with Crippen molar-refractivity contribution in [3.05, 3.63) is 41.7 Å². The summed E-state index contributed by atoms with van der Waals surface area (Å²) in [5.74, 6) is 2.60. The normalized spacial score (nSPS) is 14.7. The summed E-state index contributed by atoms with van der Waals surface area (Å²) >= 11 is 1.69. The zero-order chi connectivity index (χ0) is 13.8. The third kappa shape index (κ3) is 3.22. The Balaban J connectivity index is 1.80. The minimum Gasteiger partial charge on any atom is -0.396 e. The second kappa shape index (κ2) is 6.41. The Hall–Kier alpha value is -1.33. The number of hydrogen-bond acceptors (Lipinski definition) is 4. The van der Waals surface area contributed by atoms with E-state index in [2.05, 4.69) is 39.0 Å². The number of nitrogens with zero attached hydrogens (tertiary/aromatic N) is 3. The average Bonchev–Trinajstić information content (AvgIpc) is 3.25. The molecule has 1 heterocycles. The fraction of sp³-hybridized carbons (Fsp3) is 0.467. The molecule has 106 valence electrons. The molecule has 1 aliphatic rings. The largest absolute Gasteiger partial charge is 0.396 e. The van der Waals surface area contributed by atoms with Crippen LogP contribution in [0.1, 0.15) is 36.6 Å². The average molecular weight is 289 g/mol. The van der Waals surface area contributed by atoms with Gasteiger partial charge in [0.05, 0.1) is 6.54 Å². The predicted molar refractivity (Wildman–Crippen MR) is 80.0 cm³/mol. The number of hydrogen-bond donors (Lipinski definition) is 1. The van der Waals surface area contributed by atoms with Gasteiger partial charge in [-0.15, -0.1) is 10.2 Å². The van der Waals surface area contributed by atoms with Crippen molar-refractivity contribution in [1.29, 1.82) is 0 Å². The quantitative estimate of drug-likeness (QED) is 0.629. The predicted octanol–water partition coefficient (Wildman–Crippen LogP) is 2.68. The zero-order valence-electron chi connectivity index (χ0n) is 11.4. The van der Waals surface area contributed by atoms with Gasteiger partial charge in [0.2, 0.25) is 0 Å². The SMILES string of the molecule is OCCCSc1nnc(C2CC2)n1Cc1ccccc1. The summed E-state index contributed by atoms with van der Waals surface area (Å²) in [5, 5.41) is 18.6. The Kier molecular flexibility index (Phi) is 4.38. The van der Waals surface area contributed by atoms with Gasteiger partial charge in [-0.2, -0.15) is 0 Å². The van der Waals surface area contributed by atoms with Gasteiger partial charge in [0.25, 0.3) is 0 Å². The van der Waals surface area contributed by atoms with E-state index in [4.69, 9.17) is 5.11 Å². The van der Waals surface area contributed by atoms with E-state index < -0.39 is 0 Å². The third-order valence-corrected chi connectivity index (χ3v) is 4.46. The molecular formula is C15H19N3OS. The van der Waals surface area contributed by atoms with Crippen molar-refractivity contribution in [3.63, 3.8) is 0 Å². The van der Waals surface area contributed by atoms with Crippen molar-refractivity contribution >= 4 is 11.8 Å². The molecule has 1 N–H and O–H groups in total. The molecule has 0 aliphatic heterocycles. The lowest BCUT2D eigenvalue weighted by molar-refractivity contribution is 0.296. The molecular weight excluding hydrogens is 270 g/mol. The lowest BCUT2D eigenvalue weighted by atomic mass is 10.2. The van der Waals surface area contributed by atoms with E-state index in [1.807, 2.05) is 6.07 Å². The number of thioether (sulfide) groups is 1. The number of aliphatic hydroxyl groups excluding tert-OH is 1. The highest BCUT2D eigenvalue weighted by Crippen LogP contribution is 2.40. The molecule has 1 fully saturated rings. The molecule has 0 spiro atoms. The standard InChI is InChI=1S/C15H19N3OS/c19-9-4-10-20-15-17-16-14(13-7-8-13)18(15)11-12-5-2-1-3-6-12/h1-3,5-6,13,19H,4,7-11H2. The second-order valence-corrected chi connectivity index (χ2v) is 6.17. The second-order valence-electron chi connectivity index (χ2n) is 5.11. The molecule has 1 saturated carbocycles. The lowest BCUT2D eigenvalue weighted by Gasteiger charge is -2.09. The highest BCUT2D eigenvalue weighted by atomic mass is 32.2. The van der Waals surface area contributed by atoms with Crippen LogP contribution in [0.4, 0.5) is 0 Å². The number of aromatic nitrogens is 3. The molecule has 1 aliphatic carbocycles. The van der Waals surface area contributed by atoms with Crippen LogP contribution in [0.15, 0.2) is 35.5 Å². The molecule has 1 aromatic carbocycles. The number of rotatable bonds is 7. The molecule has 5 heteroatoms. The first kappa shape index (κ1) is 13.6. The summed E-state index contributed by atoms with van der Waals surface area (Å²) in [6.07, 6.45) is 3.25. The van der Waals surface area contributed by atoms with Crippen molar-refractivity contribution in [2.24, 2.45) is 0 Å². The van der Waals surface area contributed by atoms with Crippen LogP contribution in [0.5, 0.6) is 0 Å². The Bertz CT molecular complexity index is 552. The summed E-state index contributed by atoms with van der Waals surface area (Å²) < 4.78 is 2.25. The molecule has 3 rings (SSSR count). The molecule has 0 bridgehead atoms. The van der Waals surface area contributed by atoms with Crippen molar-refractivity contribution in [2.75, 3.05) is 12.4 Å². The van der Waals surface area contributed by atoms with Gasteiger partial charge in [-0.25, -0.2) is 0 Å². The molecule has 2 aromatic rings. The van der Waals surface area contributed by atoms with Gasteiger partial charge < -0.3 is 9.67 Å². The third-order valence-electron chi connectivity index (χ3n) is 3.41. The summed E-state index contributed by atoms with van der Waals surface area (Å²) in [6.45, 7) is 1.07. The zero-order valence-corrected chi connectivity index (χ0v) is 12.2. The van der Waals surface area contributed by atoms with Gasteiger partial charge in [-0.05, 0) is 24.8 Å². The molecule has 20 heavy (non-hydrogen) atoms. The smallest absolute Gasteiger partial charge is 0.191 e. The summed E-state index contributed by atoms with van der Waals surface area (Å²) in [5.41, 5.74) is 1.28. The Morgan fingerprint density at radius 3 is 2.70 bits per heavy atom. The first-order chi connectivity index (χ1) is 9.88. The van der Waals surface area contributed by atoms with Crippen molar-refractivity contribution in [1.82, 2.24) is 14.8 Å². The Morgan fingerprint density at radius 1 is 1.20 bits per heavy atom. The summed E-state index contributed by atoms with van der Waals surface area (Å²) in [6, 6.07) is 10.4. The van der Waals surface area contributed by atoms with Crippen LogP contribution in [0.2, 0.25) is 0 Å². The van der Waals surface area contributed by atoms with E-state index in [9.17, 15) is 0 Å². The summed E-state index contributed by atoms with van der Waals surface area (Å²) in [7, 11) is 0. The van der Waals surface area contributed by atoms with Gasteiger partial charge in [-0.1, -0.05) is 42.1 Å². The van der Waals surface area contributed by atoms with Crippen LogP contribution in [0.25, 0.3) is 0 Å². The van der Waals surface area contributed by atoms with Gasteiger partial charge in [-0.3, -0.25) is 0 Å². The highest BCUT2D eigenvalue weighted by Gasteiger charge is 2.30. The van der Waals surface area contributed by atoms with E-state index >= 15 is 0 Å². The molecule has 0 saturated heterocycles. The first-order valence-corrected chi connectivity index (χ1v) is 8.07. The van der Waals surface area contributed by atoms with Crippen molar-refractivity contribution in [3.8, 4) is 0 Å². The molecule has 1 aromatic heterocycles. The van der Waals surface area contributed by atoms with E-state index in [-0.39, 0.29) is 6.61 Å². The van der Waals surface area contributed by atoms with Crippen molar-refractivity contribution < 1.29 is 5.11 Å². The lowest BCUT2D eigenvalue weighted by Crippen LogP contribution is -2.06. The van der Waals surface area contributed by atoms with Crippen molar-refractivity contribution in [2.45, 2.75) is 36.9 Å².